The average Bonchev–Trinajstić information content (AvgIpc) is 2.19. The molecule has 1 nitrogen and oxygen atoms in total. The Morgan fingerprint density at radius 2 is 2.36 bits per heavy atom. The van der Waals surface area contributed by atoms with Crippen LogP contribution >= 0.6 is 0 Å². The van der Waals surface area contributed by atoms with Gasteiger partial charge in [-0.3, -0.25) is 4.79 Å². The number of rotatable bonds is 3. The van der Waals surface area contributed by atoms with E-state index in [9.17, 15) is 4.79 Å². The standard InChI is InChI=1S/C13H20O/c1-4-8-12(14)13(5-2)10-7-6-9-11(13)3/h4,8-9H,5-7,10H2,1-3H3. The summed E-state index contributed by atoms with van der Waals surface area (Å²) in [6.07, 6.45) is 10.0. The van der Waals surface area contributed by atoms with Crippen LogP contribution in [0.25, 0.3) is 0 Å². The van der Waals surface area contributed by atoms with E-state index in [4.69, 9.17) is 0 Å². The second kappa shape index (κ2) is 4.59. The fraction of sp³-hybridized carbons (Fsp3) is 0.615. The Bertz CT molecular complexity index is 273. The Balaban J connectivity index is 3.01. The zero-order chi connectivity index (χ0) is 10.6. The topological polar surface area (TPSA) is 17.1 Å². The van der Waals surface area contributed by atoms with Gasteiger partial charge in [-0.1, -0.05) is 24.6 Å². The molecule has 78 valence electrons. The van der Waals surface area contributed by atoms with Crippen LogP contribution in [-0.2, 0) is 4.79 Å². The lowest BCUT2D eigenvalue weighted by Crippen LogP contribution is -2.32. The second-order valence-electron chi connectivity index (χ2n) is 4.08. The predicted octanol–water partition coefficient (Wildman–Crippen LogP) is 3.66. The molecule has 0 spiro atoms. The minimum absolute atomic E-state index is 0.176. The van der Waals surface area contributed by atoms with E-state index in [2.05, 4.69) is 19.9 Å². The Kier molecular flexibility index (Phi) is 3.68. The molecule has 0 saturated heterocycles. The molecule has 1 unspecified atom stereocenters. The molecule has 0 bridgehead atoms. The lowest BCUT2D eigenvalue weighted by atomic mass is 9.68. The van der Waals surface area contributed by atoms with Crippen molar-refractivity contribution >= 4 is 5.78 Å². The van der Waals surface area contributed by atoms with Gasteiger partial charge in [0.2, 0.25) is 0 Å². The third kappa shape index (κ3) is 1.82. The predicted molar refractivity (Wildman–Crippen MR) is 60.2 cm³/mol. The monoisotopic (exact) mass is 192 g/mol. The SMILES string of the molecule is CC=CC(=O)C1(CC)CCCC=C1C. The van der Waals surface area contributed by atoms with Gasteiger partial charge in [0.05, 0.1) is 5.41 Å². The van der Waals surface area contributed by atoms with E-state index in [1.165, 1.54) is 5.57 Å². The van der Waals surface area contributed by atoms with Crippen molar-refractivity contribution < 1.29 is 4.79 Å². The molecule has 0 aromatic rings. The maximum Gasteiger partial charge on any atom is 0.165 e. The number of hydrogen-bond donors (Lipinski definition) is 0. The quantitative estimate of drug-likeness (QED) is 0.492. The van der Waals surface area contributed by atoms with Crippen molar-refractivity contribution in [2.75, 3.05) is 0 Å². The van der Waals surface area contributed by atoms with Crippen LogP contribution in [0.15, 0.2) is 23.8 Å². The van der Waals surface area contributed by atoms with Gasteiger partial charge in [-0.25, -0.2) is 0 Å². The van der Waals surface area contributed by atoms with Crippen LogP contribution in [0.4, 0.5) is 0 Å². The molecule has 1 aliphatic rings. The second-order valence-corrected chi connectivity index (χ2v) is 4.08. The van der Waals surface area contributed by atoms with Crippen LogP contribution in [-0.4, -0.2) is 5.78 Å². The van der Waals surface area contributed by atoms with Gasteiger partial charge in [0.1, 0.15) is 0 Å². The number of carbonyl (C=O) groups excluding carboxylic acids is 1. The van der Waals surface area contributed by atoms with Crippen molar-refractivity contribution in [3.8, 4) is 0 Å². The van der Waals surface area contributed by atoms with Crippen molar-refractivity contribution in [1.29, 1.82) is 0 Å². The Labute approximate surface area is 86.9 Å². The molecule has 0 aromatic carbocycles. The first-order valence-corrected chi connectivity index (χ1v) is 5.51. The Morgan fingerprint density at radius 3 is 2.86 bits per heavy atom. The van der Waals surface area contributed by atoms with Gasteiger partial charge in [0.25, 0.3) is 0 Å². The van der Waals surface area contributed by atoms with Crippen LogP contribution in [0.3, 0.4) is 0 Å². The third-order valence-electron chi connectivity index (χ3n) is 3.41. The molecule has 0 fully saturated rings. The fourth-order valence-corrected chi connectivity index (χ4v) is 2.37. The molecule has 0 saturated carbocycles. The van der Waals surface area contributed by atoms with E-state index >= 15 is 0 Å². The first-order valence-electron chi connectivity index (χ1n) is 5.51. The number of ketones is 1. The summed E-state index contributed by atoms with van der Waals surface area (Å²) in [5, 5.41) is 0. The van der Waals surface area contributed by atoms with Crippen LogP contribution < -0.4 is 0 Å². The zero-order valence-corrected chi connectivity index (χ0v) is 9.47. The average molecular weight is 192 g/mol. The molecule has 1 heteroatoms. The molecule has 0 aromatic heterocycles. The van der Waals surface area contributed by atoms with Crippen LogP contribution in [0.1, 0.15) is 46.5 Å². The fourth-order valence-electron chi connectivity index (χ4n) is 2.37. The molecule has 0 N–H and O–H groups in total. The number of carbonyl (C=O) groups is 1. The normalized spacial score (nSPS) is 27.8. The van der Waals surface area contributed by atoms with E-state index < -0.39 is 0 Å². The molecule has 14 heavy (non-hydrogen) atoms. The molecule has 0 aliphatic heterocycles. The van der Waals surface area contributed by atoms with Crippen molar-refractivity contribution in [1.82, 2.24) is 0 Å². The van der Waals surface area contributed by atoms with Crippen molar-refractivity contribution in [3.63, 3.8) is 0 Å². The molecule has 0 heterocycles. The molecular formula is C13H20O. The highest BCUT2D eigenvalue weighted by atomic mass is 16.1. The third-order valence-corrected chi connectivity index (χ3v) is 3.41. The maximum atomic E-state index is 12.0. The van der Waals surface area contributed by atoms with Gasteiger partial charge in [0.15, 0.2) is 5.78 Å². The van der Waals surface area contributed by atoms with E-state index in [0.29, 0.717) is 0 Å². The smallest absolute Gasteiger partial charge is 0.165 e. The zero-order valence-electron chi connectivity index (χ0n) is 9.47. The summed E-state index contributed by atoms with van der Waals surface area (Å²) in [5.41, 5.74) is 1.10. The van der Waals surface area contributed by atoms with Crippen LogP contribution in [0.2, 0.25) is 0 Å². The molecule has 1 atom stereocenters. The van der Waals surface area contributed by atoms with Crippen LogP contribution in [0, 0.1) is 5.41 Å². The van der Waals surface area contributed by atoms with E-state index in [1.54, 1.807) is 6.08 Å². The highest BCUT2D eigenvalue weighted by Crippen LogP contribution is 2.41. The molecule has 1 aliphatic carbocycles. The minimum Gasteiger partial charge on any atom is -0.294 e. The highest BCUT2D eigenvalue weighted by molar-refractivity contribution is 5.97. The van der Waals surface area contributed by atoms with Gasteiger partial charge in [-0.15, -0.1) is 0 Å². The summed E-state index contributed by atoms with van der Waals surface area (Å²) < 4.78 is 0. The van der Waals surface area contributed by atoms with Gasteiger partial charge in [-0.05, 0) is 45.6 Å². The van der Waals surface area contributed by atoms with Crippen LogP contribution in [0.5, 0.6) is 0 Å². The summed E-state index contributed by atoms with van der Waals surface area (Å²) in [7, 11) is 0. The number of allylic oxidation sites excluding steroid dienone is 4. The summed E-state index contributed by atoms with van der Waals surface area (Å²) in [6.45, 7) is 6.12. The molecular weight excluding hydrogens is 172 g/mol. The summed E-state index contributed by atoms with van der Waals surface area (Å²) >= 11 is 0. The first kappa shape index (κ1) is 11.2. The Hall–Kier alpha value is -0.850. The van der Waals surface area contributed by atoms with Crippen molar-refractivity contribution in [3.05, 3.63) is 23.8 Å². The van der Waals surface area contributed by atoms with Gasteiger partial charge in [0, 0.05) is 0 Å². The van der Waals surface area contributed by atoms with E-state index in [1.807, 2.05) is 13.0 Å². The summed E-state index contributed by atoms with van der Waals surface area (Å²) in [5.74, 6) is 0.288. The Morgan fingerprint density at radius 1 is 1.64 bits per heavy atom. The first-order chi connectivity index (χ1) is 6.67. The molecule has 0 radical (unpaired) electrons. The van der Waals surface area contributed by atoms with Gasteiger partial charge >= 0.3 is 0 Å². The largest absolute Gasteiger partial charge is 0.294 e. The highest BCUT2D eigenvalue weighted by Gasteiger charge is 2.37. The summed E-state index contributed by atoms with van der Waals surface area (Å²) in [6, 6.07) is 0. The van der Waals surface area contributed by atoms with Gasteiger partial charge < -0.3 is 0 Å². The number of hydrogen-bond acceptors (Lipinski definition) is 1. The van der Waals surface area contributed by atoms with Crippen molar-refractivity contribution in [2.45, 2.75) is 46.5 Å². The van der Waals surface area contributed by atoms with E-state index in [-0.39, 0.29) is 11.2 Å². The van der Waals surface area contributed by atoms with E-state index in [0.717, 1.165) is 25.7 Å². The lowest BCUT2D eigenvalue weighted by Gasteiger charge is -2.34. The lowest BCUT2D eigenvalue weighted by molar-refractivity contribution is -0.122. The van der Waals surface area contributed by atoms with Gasteiger partial charge in [-0.2, -0.15) is 0 Å². The summed E-state index contributed by atoms with van der Waals surface area (Å²) in [4.78, 5) is 12.0. The minimum atomic E-state index is -0.176. The maximum absolute atomic E-state index is 12.0. The molecule has 1 rings (SSSR count). The molecule has 0 amide bonds. The van der Waals surface area contributed by atoms with Crippen molar-refractivity contribution in [2.24, 2.45) is 5.41 Å².